The van der Waals surface area contributed by atoms with E-state index in [2.05, 4.69) is 55.5 Å². The monoisotopic (exact) mass is 853 g/mol. The summed E-state index contributed by atoms with van der Waals surface area (Å²) in [7, 11) is 0. The first-order chi connectivity index (χ1) is 27.9. The Hall–Kier alpha value is -4.55. The third-order valence-electron chi connectivity index (χ3n) is 11.5. The number of nitrogens with zero attached hydrogens (tertiary/aromatic N) is 4. The fraction of sp³-hybridized carbons (Fsp3) is 0.500. The maximum absolute atomic E-state index is 13.9. The van der Waals surface area contributed by atoms with E-state index < -0.39 is 5.97 Å². The van der Waals surface area contributed by atoms with Crippen molar-refractivity contribution in [2.24, 2.45) is 0 Å². The molecule has 2 aliphatic rings. The largest absolute Gasteiger partial charge is 2.00 e. The van der Waals surface area contributed by atoms with Crippen LogP contribution in [0.4, 0.5) is 0 Å². The van der Waals surface area contributed by atoms with E-state index in [0.717, 1.165) is 83.5 Å². The van der Waals surface area contributed by atoms with Gasteiger partial charge in [-0.1, -0.05) is 82.5 Å². The van der Waals surface area contributed by atoms with Gasteiger partial charge in [-0.2, -0.15) is 0 Å². The second-order valence-corrected chi connectivity index (χ2v) is 15.5. The molecule has 1 radical (unpaired) electrons. The van der Waals surface area contributed by atoms with Crippen molar-refractivity contribution in [3.8, 4) is 0 Å². The summed E-state index contributed by atoms with van der Waals surface area (Å²) in [4.78, 5) is 60.7. The Morgan fingerprint density at radius 2 is 1.44 bits per heavy atom. The minimum Gasteiger partial charge on any atom is -0.657 e. The van der Waals surface area contributed by atoms with Crippen LogP contribution in [0.3, 0.4) is 0 Å². The number of rotatable bonds is 20. The molecule has 0 fully saturated rings. The van der Waals surface area contributed by atoms with Crippen molar-refractivity contribution in [3.05, 3.63) is 75.4 Å². The Labute approximate surface area is 359 Å². The molecule has 59 heavy (non-hydrogen) atoms. The normalized spacial score (nSPS) is 14.9. The van der Waals surface area contributed by atoms with E-state index in [1.54, 1.807) is 6.92 Å². The molecule has 0 saturated heterocycles. The quantitative estimate of drug-likeness (QED) is 0.0584. The molecular formula is C46H62CuN8O4. The van der Waals surface area contributed by atoms with Crippen molar-refractivity contribution in [2.75, 3.05) is 39.3 Å². The summed E-state index contributed by atoms with van der Waals surface area (Å²) in [6.07, 6.45) is 7.36. The maximum Gasteiger partial charge on any atom is 2.00 e. The number of carboxylic acids is 1. The molecule has 5 rings (SSSR count). The summed E-state index contributed by atoms with van der Waals surface area (Å²) in [5.41, 5.74) is 9.83. The average Bonchev–Trinajstić information content (AvgIpc) is 3.88. The molecule has 5 heterocycles. The van der Waals surface area contributed by atoms with Crippen LogP contribution >= 0.6 is 0 Å². The molecular weight excluding hydrogens is 792 g/mol. The summed E-state index contributed by atoms with van der Waals surface area (Å²) in [5, 5.41) is 23.6. The molecule has 0 spiro atoms. The van der Waals surface area contributed by atoms with E-state index in [1.807, 2.05) is 38.1 Å². The van der Waals surface area contributed by atoms with Crippen LogP contribution in [0, 0.1) is 13.8 Å². The van der Waals surface area contributed by atoms with Crippen molar-refractivity contribution < 1.29 is 36.6 Å². The van der Waals surface area contributed by atoms with Crippen molar-refractivity contribution >= 4 is 57.1 Å². The van der Waals surface area contributed by atoms with E-state index >= 15 is 0 Å². The van der Waals surface area contributed by atoms with Crippen LogP contribution in [0.1, 0.15) is 147 Å². The number of nitrogens with one attached hydrogen (secondary N) is 4. The molecule has 12 nitrogen and oxygen atoms in total. The number of amides is 2. The SMILES string of the molecule is C=Cc1c(C)c2cc3nc(c(CC(=O)NCCNCCCC)c4[n-]c(cc5nc(cc1[n-]2)C(C)=C5CC)c(C)c4C(=O)O)[C@@H](CCC(=O)NCCNCCCC)[C@@H]3C.[Cu+2]. The van der Waals surface area contributed by atoms with Gasteiger partial charge >= 0.3 is 23.0 Å². The predicted molar refractivity (Wildman–Crippen MR) is 234 cm³/mol. The van der Waals surface area contributed by atoms with Crippen molar-refractivity contribution in [2.45, 2.75) is 112 Å². The second-order valence-electron chi connectivity index (χ2n) is 15.5. The molecule has 0 saturated carbocycles. The van der Waals surface area contributed by atoms with Gasteiger partial charge in [-0.15, -0.1) is 22.1 Å². The molecule has 321 valence electrons. The smallest absolute Gasteiger partial charge is 0.657 e. The standard InChI is InChI=1S/C46H64N8O4.Cu/c1-9-13-17-47-19-21-49-41(55)16-15-33-29(7)37-24-35-27(5)31(11-3)39(51-35)25-36-28(6)32(12-4)40(52-36)26-38-30(8)43(46(57)58)45(54-38)34(44(33)53-37)23-42(56)50-22-20-48-18-14-10-2;/h11,24-26,29,33,47-48H,3,9-10,12-23H2,1-2,4-8H3,(H5,49,50,51,52,53,54,55,56,57,58);/q;+2/p-2/t29-,33-;/m0./s1. The first-order valence-corrected chi connectivity index (χ1v) is 21.1. The number of aromatic nitrogens is 4. The molecule has 8 bridgehead atoms. The van der Waals surface area contributed by atoms with Gasteiger partial charge in [0.2, 0.25) is 11.8 Å². The number of fused-ring (bicyclic) bond motifs is 8. The molecule has 2 atom stereocenters. The van der Waals surface area contributed by atoms with Gasteiger partial charge in [0.1, 0.15) is 0 Å². The van der Waals surface area contributed by atoms with Crippen molar-refractivity contribution in [1.82, 2.24) is 41.2 Å². The molecule has 2 aliphatic heterocycles. The fourth-order valence-corrected chi connectivity index (χ4v) is 7.97. The van der Waals surface area contributed by atoms with Crippen LogP contribution in [0.25, 0.3) is 39.3 Å². The Morgan fingerprint density at radius 3 is 2.05 bits per heavy atom. The number of carbonyl (C=O) groups is 3. The zero-order chi connectivity index (χ0) is 41.9. The van der Waals surface area contributed by atoms with Crippen LogP contribution < -0.4 is 31.2 Å². The number of carboxylic acid groups (broad SMARTS) is 1. The van der Waals surface area contributed by atoms with Crippen LogP contribution in [-0.2, 0) is 33.1 Å². The Kier molecular flexibility index (Phi) is 17.7. The summed E-state index contributed by atoms with van der Waals surface area (Å²) in [5.74, 6) is -1.98. The van der Waals surface area contributed by atoms with Gasteiger partial charge in [0.15, 0.2) is 0 Å². The van der Waals surface area contributed by atoms with E-state index in [0.29, 0.717) is 67.1 Å². The van der Waals surface area contributed by atoms with Crippen molar-refractivity contribution in [3.63, 3.8) is 0 Å². The number of aryl methyl sites for hydroxylation is 2. The molecule has 0 unspecified atom stereocenters. The summed E-state index contributed by atoms with van der Waals surface area (Å²) < 4.78 is 0. The average molecular weight is 855 g/mol. The summed E-state index contributed by atoms with van der Waals surface area (Å²) >= 11 is 0. The van der Waals surface area contributed by atoms with Gasteiger partial charge in [0.05, 0.1) is 17.8 Å². The molecule has 0 aromatic carbocycles. The van der Waals surface area contributed by atoms with E-state index in [-0.39, 0.29) is 64.6 Å². The van der Waals surface area contributed by atoms with Crippen LogP contribution in [-0.4, -0.2) is 72.1 Å². The Bertz CT molecular complexity index is 2200. The minimum atomic E-state index is -1.14. The second kappa shape index (κ2) is 22.2. The Balaban J connectivity index is 0.00000769. The zero-order valence-corrected chi connectivity index (χ0v) is 36.8. The van der Waals surface area contributed by atoms with E-state index in [9.17, 15) is 19.5 Å². The van der Waals surface area contributed by atoms with Crippen molar-refractivity contribution in [1.29, 1.82) is 0 Å². The van der Waals surface area contributed by atoms with E-state index in [4.69, 9.17) is 19.9 Å². The Morgan fingerprint density at radius 1 is 0.814 bits per heavy atom. The van der Waals surface area contributed by atoms with Gasteiger partial charge in [0, 0.05) is 61.4 Å². The number of aromatic carboxylic acids is 1. The third kappa shape index (κ3) is 11.2. The van der Waals surface area contributed by atoms with Gasteiger partial charge in [-0.05, 0) is 81.8 Å². The minimum absolute atomic E-state index is 0. The number of hydrogen-bond donors (Lipinski definition) is 5. The number of allylic oxidation sites excluding steroid dienone is 2. The first kappa shape index (κ1) is 47.1. The van der Waals surface area contributed by atoms with E-state index in [1.165, 1.54) is 0 Å². The molecule has 13 heteroatoms. The van der Waals surface area contributed by atoms with Gasteiger partial charge < -0.3 is 36.3 Å². The first-order valence-electron chi connectivity index (χ1n) is 21.1. The van der Waals surface area contributed by atoms with Crippen LogP contribution in [0.2, 0.25) is 0 Å². The summed E-state index contributed by atoms with van der Waals surface area (Å²) in [6, 6.07) is 5.82. The maximum atomic E-state index is 13.9. The summed E-state index contributed by atoms with van der Waals surface area (Å²) in [6.45, 7) is 22.3. The number of hydrogen-bond acceptors (Lipinski definition) is 7. The zero-order valence-electron chi connectivity index (χ0n) is 35.8. The molecule has 5 N–H and O–H groups in total. The van der Waals surface area contributed by atoms with Gasteiger partial charge in [-0.25, -0.2) is 9.78 Å². The van der Waals surface area contributed by atoms with Crippen LogP contribution in [0.15, 0.2) is 24.8 Å². The topological polar surface area (TPSA) is 174 Å². The molecule has 3 aromatic rings. The molecule has 2 amide bonds. The predicted octanol–water partition coefficient (Wildman–Crippen LogP) is 7.09. The molecule has 0 aliphatic carbocycles. The fourth-order valence-electron chi connectivity index (χ4n) is 7.97. The van der Waals surface area contributed by atoms with Gasteiger partial charge in [-0.3, -0.25) is 14.6 Å². The van der Waals surface area contributed by atoms with Gasteiger partial charge in [0.25, 0.3) is 0 Å². The number of unbranched alkanes of at least 4 members (excludes halogenated alkanes) is 2. The number of carbonyl (C=O) groups excluding carboxylic acids is 2. The molecule has 3 aromatic heterocycles. The van der Waals surface area contributed by atoms with Crippen LogP contribution in [0.5, 0.6) is 0 Å². The third-order valence-corrected chi connectivity index (χ3v) is 11.5.